The highest BCUT2D eigenvalue weighted by molar-refractivity contribution is 7.12. The van der Waals surface area contributed by atoms with Gasteiger partial charge in [-0.3, -0.25) is 4.79 Å². The van der Waals surface area contributed by atoms with Gasteiger partial charge in [-0.1, -0.05) is 12.1 Å². The van der Waals surface area contributed by atoms with E-state index in [0.29, 0.717) is 24.3 Å². The van der Waals surface area contributed by atoms with Crippen LogP contribution >= 0.6 is 22.7 Å². The first-order chi connectivity index (χ1) is 14.7. The van der Waals surface area contributed by atoms with Crippen molar-refractivity contribution in [3.63, 3.8) is 0 Å². The fourth-order valence-corrected chi connectivity index (χ4v) is 4.70. The van der Waals surface area contributed by atoms with Crippen molar-refractivity contribution in [3.8, 4) is 5.75 Å². The largest absolute Gasteiger partial charge is 0.494 e. The molecule has 0 N–H and O–H groups in total. The number of esters is 1. The highest BCUT2D eigenvalue weighted by Crippen LogP contribution is 2.35. The van der Waals surface area contributed by atoms with Gasteiger partial charge < -0.3 is 9.47 Å². The van der Waals surface area contributed by atoms with Crippen LogP contribution in [0.1, 0.15) is 39.5 Å². The molecule has 6 nitrogen and oxygen atoms in total. The van der Waals surface area contributed by atoms with Crippen molar-refractivity contribution in [2.24, 2.45) is 5.10 Å². The maximum absolute atomic E-state index is 12.9. The van der Waals surface area contributed by atoms with Gasteiger partial charge in [0.25, 0.3) is 5.91 Å². The number of carbonyl (C=O) groups is 2. The predicted octanol–water partition coefficient (Wildman–Crippen LogP) is 4.74. The highest BCUT2D eigenvalue weighted by atomic mass is 32.1. The van der Waals surface area contributed by atoms with Crippen LogP contribution < -0.4 is 4.74 Å². The molecule has 8 heteroatoms. The molecule has 0 aliphatic carbocycles. The molecule has 2 aromatic heterocycles. The summed E-state index contributed by atoms with van der Waals surface area (Å²) in [6, 6.07) is 14.4. The van der Waals surface area contributed by atoms with Crippen LogP contribution in [0.4, 0.5) is 0 Å². The van der Waals surface area contributed by atoms with Crippen LogP contribution in [0, 0.1) is 0 Å². The van der Waals surface area contributed by atoms with Gasteiger partial charge in [0.15, 0.2) is 6.61 Å². The number of benzene rings is 1. The maximum Gasteiger partial charge on any atom is 0.338 e. The summed E-state index contributed by atoms with van der Waals surface area (Å²) >= 11 is 3.18. The Morgan fingerprint density at radius 1 is 1.10 bits per heavy atom. The average molecular weight is 441 g/mol. The van der Waals surface area contributed by atoms with Crippen molar-refractivity contribution >= 4 is 40.3 Å². The molecule has 3 heterocycles. The van der Waals surface area contributed by atoms with E-state index in [1.807, 2.05) is 41.9 Å². The fraction of sp³-hybridized carbons (Fsp3) is 0.227. The van der Waals surface area contributed by atoms with E-state index in [2.05, 4.69) is 5.10 Å². The molecule has 1 atom stereocenters. The lowest BCUT2D eigenvalue weighted by Crippen LogP contribution is -2.31. The topological polar surface area (TPSA) is 68.2 Å². The molecule has 0 fully saturated rings. The summed E-state index contributed by atoms with van der Waals surface area (Å²) in [7, 11) is 0. The molecule has 0 spiro atoms. The molecule has 154 valence electrons. The number of hydrogen-bond acceptors (Lipinski definition) is 7. The second-order valence-electron chi connectivity index (χ2n) is 6.53. The predicted molar refractivity (Wildman–Crippen MR) is 117 cm³/mol. The van der Waals surface area contributed by atoms with Gasteiger partial charge in [-0.2, -0.15) is 5.10 Å². The van der Waals surface area contributed by atoms with Gasteiger partial charge in [0, 0.05) is 11.3 Å². The molecule has 0 saturated carbocycles. The van der Waals surface area contributed by atoms with Crippen molar-refractivity contribution in [3.05, 3.63) is 74.6 Å². The van der Waals surface area contributed by atoms with Gasteiger partial charge in [0.1, 0.15) is 5.75 Å². The van der Waals surface area contributed by atoms with E-state index in [4.69, 9.17) is 9.47 Å². The minimum atomic E-state index is -0.555. The van der Waals surface area contributed by atoms with E-state index in [0.717, 1.165) is 15.5 Å². The Balaban J connectivity index is 1.44. The number of thiophene rings is 2. The maximum atomic E-state index is 12.9. The minimum absolute atomic E-state index is 0.182. The highest BCUT2D eigenvalue weighted by Gasteiger charge is 2.34. The first kappa shape index (κ1) is 20.3. The van der Waals surface area contributed by atoms with Gasteiger partial charge in [-0.05, 0) is 54.1 Å². The molecule has 1 unspecified atom stereocenters. The number of nitrogens with zero attached hydrogens (tertiary/aromatic N) is 2. The van der Waals surface area contributed by atoms with Gasteiger partial charge in [0.05, 0.1) is 28.8 Å². The third-order valence-corrected chi connectivity index (χ3v) is 6.46. The molecular formula is C22H20N2O4S2. The van der Waals surface area contributed by atoms with E-state index in [-0.39, 0.29) is 18.6 Å². The molecule has 0 bridgehead atoms. The SMILES string of the molecule is CCOc1ccc(C(=O)OCC(=O)N2N=C(c3cccs3)CC2c2cccs2)cc1. The Morgan fingerprint density at radius 2 is 1.87 bits per heavy atom. The lowest BCUT2D eigenvalue weighted by molar-refractivity contribution is -0.136. The van der Waals surface area contributed by atoms with Crippen molar-refractivity contribution < 1.29 is 19.1 Å². The molecule has 0 radical (unpaired) electrons. The van der Waals surface area contributed by atoms with E-state index < -0.39 is 5.97 Å². The van der Waals surface area contributed by atoms with Crippen LogP contribution in [0.25, 0.3) is 0 Å². The Kier molecular flexibility index (Phi) is 6.25. The summed E-state index contributed by atoms with van der Waals surface area (Å²) in [5.41, 5.74) is 1.24. The molecule has 4 rings (SSSR count). The Bertz CT molecular complexity index is 1030. The summed E-state index contributed by atoms with van der Waals surface area (Å²) < 4.78 is 10.6. The summed E-state index contributed by atoms with van der Waals surface area (Å²) in [5.74, 6) is -0.226. The minimum Gasteiger partial charge on any atom is -0.494 e. The van der Waals surface area contributed by atoms with Crippen LogP contribution in [-0.4, -0.2) is 35.8 Å². The summed E-state index contributed by atoms with van der Waals surface area (Å²) in [6.45, 7) is 2.07. The monoisotopic (exact) mass is 440 g/mol. The van der Waals surface area contributed by atoms with E-state index in [9.17, 15) is 9.59 Å². The van der Waals surface area contributed by atoms with Crippen molar-refractivity contribution in [2.45, 2.75) is 19.4 Å². The smallest absolute Gasteiger partial charge is 0.338 e. The van der Waals surface area contributed by atoms with Crippen LogP contribution in [0.5, 0.6) is 5.75 Å². The van der Waals surface area contributed by atoms with E-state index in [1.54, 1.807) is 46.9 Å². The van der Waals surface area contributed by atoms with Crippen molar-refractivity contribution in [1.29, 1.82) is 0 Å². The van der Waals surface area contributed by atoms with Gasteiger partial charge in [0.2, 0.25) is 0 Å². The standard InChI is InChI=1S/C22H20N2O4S2/c1-2-27-16-9-7-15(8-10-16)22(26)28-14-21(25)24-18(20-6-4-12-30-20)13-17(23-24)19-5-3-11-29-19/h3-12,18H,2,13-14H2,1H3. The second-order valence-corrected chi connectivity index (χ2v) is 8.46. The van der Waals surface area contributed by atoms with Gasteiger partial charge >= 0.3 is 5.97 Å². The zero-order valence-corrected chi connectivity index (χ0v) is 17.9. The fourth-order valence-electron chi connectivity index (χ4n) is 3.17. The van der Waals surface area contributed by atoms with Crippen LogP contribution in [0.3, 0.4) is 0 Å². The molecule has 1 amide bonds. The van der Waals surface area contributed by atoms with Crippen LogP contribution in [0.2, 0.25) is 0 Å². The number of hydrogen-bond donors (Lipinski definition) is 0. The van der Waals surface area contributed by atoms with Gasteiger partial charge in [-0.25, -0.2) is 9.80 Å². The van der Waals surface area contributed by atoms with Crippen molar-refractivity contribution in [2.75, 3.05) is 13.2 Å². The molecule has 30 heavy (non-hydrogen) atoms. The lowest BCUT2D eigenvalue weighted by atomic mass is 10.1. The molecule has 1 aromatic carbocycles. The number of carbonyl (C=O) groups excluding carboxylic acids is 2. The third-order valence-electron chi connectivity index (χ3n) is 4.57. The van der Waals surface area contributed by atoms with Crippen LogP contribution in [0.15, 0.2) is 64.4 Å². The summed E-state index contributed by atoms with van der Waals surface area (Å²) in [5, 5.41) is 9.98. The normalized spacial score (nSPS) is 15.7. The Hall–Kier alpha value is -2.97. The molecule has 3 aromatic rings. The molecule has 0 saturated heterocycles. The number of amides is 1. The second kappa shape index (κ2) is 9.23. The Morgan fingerprint density at radius 3 is 2.53 bits per heavy atom. The first-order valence-corrected chi connectivity index (χ1v) is 11.3. The number of hydrazone groups is 1. The van der Waals surface area contributed by atoms with Crippen molar-refractivity contribution in [1.82, 2.24) is 5.01 Å². The van der Waals surface area contributed by atoms with Gasteiger partial charge in [-0.15, -0.1) is 22.7 Å². The number of ether oxygens (including phenoxy) is 2. The average Bonchev–Trinajstić information content (AvgIpc) is 3.53. The summed E-state index contributed by atoms with van der Waals surface area (Å²) in [4.78, 5) is 27.3. The van der Waals surface area contributed by atoms with E-state index in [1.165, 1.54) is 5.01 Å². The molecule has 1 aliphatic heterocycles. The Labute approximate surface area is 182 Å². The lowest BCUT2D eigenvalue weighted by Gasteiger charge is -2.20. The molecular weight excluding hydrogens is 420 g/mol. The summed E-state index contributed by atoms with van der Waals surface area (Å²) in [6.07, 6.45) is 0.638. The van der Waals surface area contributed by atoms with E-state index >= 15 is 0 Å². The zero-order valence-electron chi connectivity index (χ0n) is 16.3. The first-order valence-electron chi connectivity index (χ1n) is 9.52. The van der Waals surface area contributed by atoms with Crippen LogP contribution in [-0.2, 0) is 9.53 Å². The zero-order chi connectivity index (χ0) is 20.9. The quantitative estimate of drug-likeness (QED) is 0.498. The third kappa shape index (κ3) is 4.44. The number of rotatable bonds is 7. The molecule has 1 aliphatic rings.